The number of halogens is 1. The summed E-state index contributed by atoms with van der Waals surface area (Å²) < 4.78 is 0. The summed E-state index contributed by atoms with van der Waals surface area (Å²) in [7, 11) is 0. The summed E-state index contributed by atoms with van der Waals surface area (Å²) in [5.41, 5.74) is 10.4. The maximum absolute atomic E-state index is 13.9. The van der Waals surface area contributed by atoms with E-state index in [1.165, 1.54) is 0 Å². The van der Waals surface area contributed by atoms with E-state index in [2.05, 4.69) is 5.32 Å². The van der Waals surface area contributed by atoms with Crippen molar-refractivity contribution in [2.45, 2.75) is 33.7 Å². The van der Waals surface area contributed by atoms with Gasteiger partial charge in [0.2, 0.25) is 0 Å². The number of benzene rings is 3. The summed E-state index contributed by atoms with van der Waals surface area (Å²) in [6, 6.07) is 22.6. The lowest BCUT2D eigenvalue weighted by Gasteiger charge is -2.38. The molecule has 0 unspecified atom stereocenters. The van der Waals surface area contributed by atoms with Crippen LogP contribution in [-0.4, -0.2) is 34.7 Å². The fraction of sp³-hybridized carbons (Fsp3) is 0.267. The van der Waals surface area contributed by atoms with Gasteiger partial charge in [0.1, 0.15) is 5.82 Å². The van der Waals surface area contributed by atoms with Gasteiger partial charge in [-0.05, 0) is 61.7 Å². The number of nitrogens with one attached hydrogen (secondary N) is 1. The molecule has 4 rings (SSSR count). The number of anilines is 1. The van der Waals surface area contributed by atoms with Crippen molar-refractivity contribution >= 4 is 29.1 Å². The van der Waals surface area contributed by atoms with Crippen molar-refractivity contribution in [3.63, 3.8) is 0 Å². The zero-order valence-corrected chi connectivity index (χ0v) is 22.3. The highest BCUT2D eigenvalue weighted by molar-refractivity contribution is 6.31. The number of nitrogens with two attached hydrogens (primary N) is 1. The summed E-state index contributed by atoms with van der Waals surface area (Å²) in [5.74, 6) is 0.219. The average Bonchev–Trinajstić information content (AvgIpc) is 2.88. The Morgan fingerprint density at radius 3 is 2.41 bits per heavy atom. The van der Waals surface area contributed by atoms with Crippen molar-refractivity contribution in [3.8, 4) is 0 Å². The van der Waals surface area contributed by atoms with Gasteiger partial charge < -0.3 is 16.0 Å². The summed E-state index contributed by atoms with van der Waals surface area (Å²) in [5, 5.41) is 3.99. The van der Waals surface area contributed by atoms with Crippen LogP contribution in [-0.2, 0) is 6.54 Å². The van der Waals surface area contributed by atoms with E-state index in [0.29, 0.717) is 53.7 Å². The third-order valence-corrected chi connectivity index (χ3v) is 6.61. The highest BCUT2D eigenvalue weighted by atomic mass is 35.5. The van der Waals surface area contributed by atoms with Gasteiger partial charge >= 0.3 is 0 Å². The number of carbonyl (C=O) groups is 2. The van der Waals surface area contributed by atoms with Crippen LogP contribution in [0.25, 0.3) is 0 Å². The normalized spacial score (nSPS) is 14.3. The van der Waals surface area contributed by atoms with Crippen LogP contribution in [0.15, 0.2) is 84.3 Å². The topological polar surface area (TPSA) is 78.7 Å². The number of carbonyl (C=O) groups excluding carboxylic acids is 2. The second kappa shape index (κ2) is 11.6. The van der Waals surface area contributed by atoms with Crippen LogP contribution in [0.5, 0.6) is 0 Å². The molecular weight excluding hydrogens is 484 g/mol. The van der Waals surface area contributed by atoms with E-state index in [4.69, 9.17) is 17.3 Å². The molecule has 0 atom stereocenters. The van der Waals surface area contributed by atoms with Crippen molar-refractivity contribution in [2.24, 2.45) is 11.7 Å². The largest absolute Gasteiger partial charge is 0.339 e. The maximum Gasteiger partial charge on any atom is 0.261 e. The van der Waals surface area contributed by atoms with E-state index in [1.807, 2.05) is 75.4 Å². The third kappa shape index (κ3) is 5.87. The van der Waals surface area contributed by atoms with Gasteiger partial charge in [-0.2, -0.15) is 0 Å². The monoisotopic (exact) mass is 516 g/mol. The Bertz CT molecular complexity index is 1300. The molecule has 3 aromatic carbocycles. The van der Waals surface area contributed by atoms with Crippen molar-refractivity contribution in [3.05, 3.63) is 112 Å². The van der Waals surface area contributed by atoms with E-state index < -0.39 is 0 Å². The zero-order chi connectivity index (χ0) is 26.5. The predicted molar refractivity (Wildman–Crippen MR) is 149 cm³/mol. The fourth-order valence-corrected chi connectivity index (χ4v) is 4.69. The van der Waals surface area contributed by atoms with Crippen molar-refractivity contribution in [2.75, 3.05) is 18.4 Å². The van der Waals surface area contributed by atoms with Crippen LogP contribution in [0.3, 0.4) is 0 Å². The molecule has 1 aliphatic rings. The van der Waals surface area contributed by atoms with Crippen molar-refractivity contribution in [1.29, 1.82) is 0 Å². The minimum atomic E-state index is -0.149. The standard InChI is InChI=1S/C30H33ClN4O2/c1-20(2)27(34(17-7-16-32)29(36)23-12-10-21(3)11-13-23)28-33-26-18-24(31)14-15-25(26)30(37)35(28)19-22-8-5-4-6-9-22/h4-6,8-15,18,20,33H,7,16-17,19,32H2,1-3H3. The first-order chi connectivity index (χ1) is 17.8. The van der Waals surface area contributed by atoms with Gasteiger partial charge in [-0.1, -0.05) is 73.5 Å². The van der Waals surface area contributed by atoms with E-state index in [-0.39, 0.29) is 17.7 Å². The van der Waals surface area contributed by atoms with E-state index in [9.17, 15) is 9.59 Å². The minimum Gasteiger partial charge on any atom is -0.339 e. The average molecular weight is 517 g/mol. The molecule has 0 aliphatic carbocycles. The van der Waals surface area contributed by atoms with Crippen LogP contribution in [0, 0.1) is 12.8 Å². The highest BCUT2D eigenvalue weighted by Gasteiger charge is 2.34. The summed E-state index contributed by atoms with van der Waals surface area (Å²) in [6.45, 7) is 7.27. The number of hydrogen-bond donors (Lipinski definition) is 2. The molecule has 3 aromatic rings. The van der Waals surface area contributed by atoms with Crippen LogP contribution in [0.4, 0.5) is 5.69 Å². The van der Waals surface area contributed by atoms with Crippen molar-refractivity contribution in [1.82, 2.24) is 9.80 Å². The number of amides is 2. The van der Waals surface area contributed by atoms with Gasteiger partial charge in [-0.15, -0.1) is 0 Å². The molecule has 1 aliphatic heterocycles. The molecule has 6 nitrogen and oxygen atoms in total. The van der Waals surface area contributed by atoms with Gasteiger partial charge in [-0.3, -0.25) is 14.5 Å². The van der Waals surface area contributed by atoms with Crippen LogP contribution >= 0.6 is 11.6 Å². The Morgan fingerprint density at radius 2 is 1.76 bits per heavy atom. The molecular formula is C30H33ClN4O2. The van der Waals surface area contributed by atoms with Crippen molar-refractivity contribution < 1.29 is 9.59 Å². The van der Waals surface area contributed by atoms with E-state index >= 15 is 0 Å². The lowest BCUT2D eigenvalue weighted by molar-refractivity contribution is 0.0740. The van der Waals surface area contributed by atoms with E-state index in [1.54, 1.807) is 28.0 Å². The summed E-state index contributed by atoms with van der Waals surface area (Å²) >= 11 is 6.30. The number of rotatable bonds is 8. The van der Waals surface area contributed by atoms with Crippen LogP contribution in [0.1, 0.15) is 52.1 Å². The van der Waals surface area contributed by atoms with Crippen LogP contribution < -0.4 is 11.1 Å². The Labute approximate surface area is 223 Å². The van der Waals surface area contributed by atoms with Gasteiger partial charge in [0, 0.05) is 17.1 Å². The molecule has 37 heavy (non-hydrogen) atoms. The molecule has 2 amide bonds. The Hall–Kier alpha value is -3.61. The molecule has 1 heterocycles. The van der Waals surface area contributed by atoms with Gasteiger partial charge in [0.05, 0.1) is 23.5 Å². The Kier molecular flexibility index (Phi) is 8.31. The molecule has 0 saturated carbocycles. The number of hydrogen-bond acceptors (Lipinski definition) is 4. The first-order valence-corrected chi connectivity index (χ1v) is 12.9. The molecule has 0 aromatic heterocycles. The first-order valence-electron chi connectivity index (χ1n) is 12.5. The molecule has 0 bridgehead atoms. The summed E-state index contributed by atoms with van der Waals surface area (Å²) in [4.78, 5) is 31.3. The molecule has 7 heteroatoms. The molecule has 0 fully saturated rings. The molecule has 0 spiro atoms. The fourth-order valence-electron chi connectivity index (χ4n) is 4.51. The smallest absolute Gasteiger partial charge is 0.261 e. The Morgan fingerprint density at radius 1 is 1.05 bits per heavy atom. The SMILES string of the molecule is Cc1ccc(C(=O)N(CCCN)C(=C2Nc3cc(Cl)ccc3C(=O)N2Cc2ccccc2)C(C)C)cc1. The Balaban J connectivity index is 1.89. The number of aryl methyl sites for hydroxylation is 1. The number of nitrogens with zero attached hydrogens (tertiary/aromatic N) is 2. The van der Waals surface area contributed by atoms with Gasteiger partial charge in [-0.25, -0.2) is 0 Å². The quantitative estimate of drug-likeness (QED) is 0.383. The lowest BCUT2D eigenvalue weighted by Crippen LogP contribution is -2.43. The van der Waals surface area contributed by atoms with Gasteiger partial charge in [0.15, 0.2) is 0 Å². The second-order valence-corrected chi connectivity index (χ2v) is 9.98. The molecule has 3 N–H and O–H groups in total. The summed E-state index contributed by atoms with van der Waals surface area (Å²) in [6.07, 6.45) is 0.621. The van der Waals surface area contributed by atoms with Gasteiger partial charge in [0.25, 0.3) is 11.8 Å². The molecule has 192 valence electrons. The second-order valence-electron chi connectivity index (χ2n) is 9.55. The zero-order valence-electron chi connectivity index (χ0n) is 21.5. The third-order valence-electron chi connectivity index (χ3n) is 6.37. The highest BCUT2D eigenvalue weighted by Crippen LogP contribution is 2.35. The van der Waals surface area contributed by atoms with Crippen LogP contribution in [0.2, 0.25) is 5.02 Å². The molecule has 0 radical (unpaired) electrons. The lowest BCUT2D eigenvalue weighted by atomic mass is 10.0. The molecule has 0 saturated heterocycles. The number of allylic oxidation sites excluding steroid dienone is 1. The predicted octanol–water partition coefficient (Wildman–Crippen LogP) is 6.03. The first kappa shape index (κ1) is 26.5. The maximum atomic E-state index is 13.9. The minimum absolute atomic E-state index is 0.0820. The number of fused-ring (bicyclic) bond motifs is 1. The van der Waals surface area contributed by atoms with E-state index in [0.717, 1.165) is 16.8 Å².